The van der Waals surface area contributed by atoms with Crippen LogP contribution in [0.15, 0.2) is 54.6 Å². The maximum atomic E-state index is 12.5. The summed E-state index contributed by atoms with van der Waals surface area (Å²) in [6, 6.07) is 15.0. The Kier molecular flexibility index (Phi) is 5.71. The molecule has 1 aliphatic heterocycles. The lowest BCUT2D eigenvalue weighted by Gasteiger charge is -2.17. The van der Waals surface area contributed by atoms with Gasteiger partial charge in [-0.2, -0.15) is 0 Å². The Hall–Kier alpha value is -3.35. The molecule has 0 bridgehead atoms. The van der Waals surface area contributed by atoms with Crippen LogP contribution in [-0.4, -0.2) is 47.1 Å². The van der Waals surface area contributed by atoms with Gasteiger partial charge in [0.05, 0.1) is 11.6 Å². The third-order valence-corrected chi connectivity index (χ3v) is 4.39. The second kappa shape index (κ2) is 8.35. The quantitative estimate of drug-likeness (QED) is 0.845. The van der Waals surface area contributed by atoms with E-state index in [2.05, 4.69) is 5.32 Å². The van der Waals surface area contributed by atoms with E-state index in [1.807, 2.05) is 30.3 Å². The molecule has 2 N–H and O–H groups in total. The van der Waals surface area contributed by atoms with Crippen LogP contribution in [-0.2, 0) is 11.3 Å². The number of nitrogens with zero attached hydrogens (tertiary/aromatic N) is 1. The summed E-state index contributed by atoms with van der Waals surface area (Å²) in [7, 11) is 0. The van der Waals surface area contributed by atoms with E-state index in [0.717, 1.165) is 5.56 Å². The predicted molar refractivity (Wildman–Crippen MR) is 97.5 cm³/mol. The number of hydrogen-bond donors (Lipinski definition) is 2. The number of rotatable bonds is 5. The summed E-state index contributed by atoms with van der Waals surface area (Å²) < 4.78 is 5.20. The van der Waals surface area contributed by atoms with E-state index in [0.29, 0.717) is 25.1 Å². The standard InChI is InChI=1S/C20H20N2O5/c23-18(15-6-8-16(9-7-15)19(24)25)22-11-10-17(12-22)21-20(26)27-13-14-4-2-1-3-5-14/h1-9,17H,10-13H2,(H,21,26)(H,24,25)/t17-/m1/s1. The fourth-order valence-corrected chi connectivity index (χ4v) is 2.93. The van der Waals surface area contributed by atoms with Crippen molar-refractivity contribution in [3.05, 3.63) is 71.3 Å². The summed E-state index contributed by atoms with van der Waals surface area (Å²) in [5, 5.41) is 11.7. The first-order chi connectivity index (χ1) is 13.0. The molecule has 1 atom stereocenters. The second-order valence-corrected chi connectivity index (χ2v) is 6.33. The fraction of sp³-hybridized carbons (Fsp3) is 0.250. The van der Waals surface area contributed by atoms with Gasteiger partial charge in [0.15, 0.2) is 0 Å². The predicted octanol–water partition coefficient (Wildman–Crippen LogP) is 2.53. The molecule has 2 amide bonds. The van der Waals surface area contributed by atoms with Gasteiger partial charge in [0.25, 0.3) is 5.91 Å². The molecule has 2 aromatic carbocycles. The van der Waals surface area contributed by atoms with Crippen LogP contribution in [0.4, 0.5) is 4.79 Å². The highest BCUT2D eigenvalue weighted by molar-refractivity contribution is 5.96. The summed E-state index contributed by atoms with van der Waals surface area (Å²) in [6.45, 7) is 1.10. The van der Waals surface area contributed by atoms with Crippen molar-refractivity contribution in [3.63, 3.8) is 0 Å². The molecule has 1 fully saturated rings. The fourth-order valence-electron chi connectivity index (χ4n) is 2.93. The van der Waals surface area contributed by atoms with Crippen molar-refractivity contribution in [1.29, 1.82) is 0 Å². The summed E-state index contributed by atoms with van der Waals surface area (Å²) >= 11 is 0. The number of benzene rings is 2. The number of ether oxygens (including phenoxy) is 1. The molecule has 1 aliphatic rings. The Balaban J connectivity index is 1.48. The molecule has 2 aromatic rings. The number of carbonyl (C=O) groups is 3. The van der Waals surface area contributed by atoms with E-state index in [9.17, 15) is 14.4 Å². The lowest BCUT2D eigenvalue weighted by molar-refractivity contribution is 0.0695. The summed E-state index contributed by atoms with van der Waals surface area (Å²) in [6.07, 6.45) is 0.128. The molecule has 1 saturated heterocycles. The third-order valence-electron chi connectivity index (χ3n) is 4.39. The van der Waals surface area contributed by atoms with Crippen LogP contribution in [0, 0.1) is 0 Å². The third kappa shape index (κ3) is 4.84. The van der Waals surface area contributed by atoms with Crippen LogP contribution < -0.4 is 5.32 Å². The number of aromatic carboxylic acids is 1. The second-order valence-electron chi connectivity index (χ2n) is 6.33. The van der Waals surface area contributed by atoms with E-state index in [-0.39, 0.29) is 24.1 Å². The lowest BCUT2D eigenvalue weighted by atomic mass is 10.1. The lowest BCUT2D eigenvalue weighted by Crippen LogP contribution is -2.38. The van der Waals surface area contributed by atoms with Gasteiger partial charge >= 0.3 is 12.1 Å². The van der Waals surface area contributed by atoms with Gasteiger partial charge in [-0.1, -0.05) is 30.3 Å². The van der Waals surface area contributed by atoms with Crippen molar-refractivity contribution >= 4 is 18.0 Å². The molecule has 0 aliphatic carbocycles. The summed E-state index contributed by atoms with van der Waals surface area (Å²) in [4.78, 5) is 36.9. The number of nitrogens with one attached hydrogen (secondary N) is 1. The Bertz CT molecular complexity index is 820. The maximum absolute atomic E-state index is 12.5. The first kappa shape index (κ1) is 18.4. The van der Waals surface area contributed by atoms with Gasteiger partial charge in [-0.05, 0) is 36.2 Å². The normalized spacial score (nSPS) is 16.0. The van der Waals surface area contributed by atoms with Gasteiger partial charge < -0.3 is 20.1 Å². The molecular weight excluding hydrogens is 348 g/mol. The molecule has 0 radical (unpaired) electrons. The molecule has 140 valence electrons. The highest BCUT2D eigenvalue weighted by Gasteiger charge is 2.28. The minimum Gasteiger partial charge on any atom is -0.478 e. The van der Waals surface area contributed by atoms with Gasteiger partial charge in [-0.3, -0.25) is 4.79 Å². The summed E-state index contributed by atoms with van der Waals surface area (Å²) in [5.74, 6) is -1.22. The first-order valence-electron chi connectivity index (χ1n) is 8.63. The zero-order valence-corrected chi connectivity index (χ0v) is 14.6. The number of likely N-dealkylation sites (tertiary alicyclic amines) is 1. The molecule has 7 nitrogen and oxygen atoms in total. The Morgan fingerprint density at radius 3 is 2.37 bits per heavy atom. The SMILES string of the molecule is O=C(N[C@@H]1CCN(C(=O)c2ccc(C(=O)O)cc2)C1)OCc1ccccc1. The molecule has 0 spiro atoms. The topological polar surface area (TPSA) is 95.9 Å². The Labute approximate surface area is 156 Å². The van der Waals surface area contributed by atoms with Crippen molar-refractivity contribution in [1.82, 2.24) is 10.2 Å². The smallest absolute Gasteiger partial charge is 0.407 e. The molecule has 3 rings (SSSR count). The minimum absolute atomic E-state index is 0.133. The summed E-state index contributed by atoms with van der Waals surface area (Å²) in [5.41, 5.74) is 1.46. The van der Waals surface area contributed by atoms with Gasteiger partial charge in [-0.15, -0.1) is 0 Å². The van der Waals surface area contributed by atoms with Crippen molar-refractivity contribution < 1.29 is 24.2 Å². The number of amides is 2. The Morgan fingerprint density at radius 1 is 1.04 bits per heavy atom. The number of hydrogen-bond acceptors (Lipinski definition) is 4. The molecule has 0 aromatic heterocycles. The highest BCUT2D eigenvalue weighted by Crippen LogP contribution is 2.15. The van der Waals surface area contributed by atoms with E-state index < -0.39 is 12.1 Å². The van der Waals surface area contributed by atoms with Crippen molar-refractivity contribution in [2.45, 2.75) is 19.1 Å². The van der Waals surface area contributed by atoms with Crippen LogP contribution in [0.2, 0.25) is 0 Å². The van der Waals surface area contributed by atoms with Crippen molar-refractivity contribution in [2.24, 2.45) is 0 Å². The highest BCUT2D eigenvalue weighted by atomic mass is 16.5. The van der Waals surface area contributed by atoms with Gasteiger partial charge in [0.2, 0.25) is 0 Å². The van der Waals surface area contributed by atoms with E-state index in [4.69, 9.17) is 9.84 Å². The largest absolute Gasteiger partial charge is 0.478 e. The van der Waals surface area contributed by atoms with Crippen LogP contribution in [0.1, 0.15) is 32.7 Å². The van der Waals surface area contributed by atoms with Gasteiger partial charge in [0, 0.05) is 18.7 Å². The zero-order chi connectivity index (χ0) is 19.2. The van der Waals surface area contributed by atoms with Crippen LogP contribution in [0.25, 0.3) is 0 Å². The number of carboxylic acid groups (broad SMARTS) is 1. The average Bonchev–Trinajstić information content (AvgIpc) is 3.15. The monoisotopic (exact) mass is 368 g/mol. The van der Waals surface area contributed by atoms with Gasteiger partial charge in [0.1, 0.15) is 6.61 Å². The number of alkyl carbamates (subject to hydrolysis) is 1. The van der Waals surface area contributed by atoms with Crippen molar-refractivity contribution in [2.75, 3.05) is 13.1 Å². The molecule has 1 heterocycles. The van der Waals surface area contributed by atoms with E-state index in [1.165, 1.54) is 24.3 Å². The molecule has 0 saturated carbocycles. The molecular formula is C20H20N2O5. The van der Waals surface area contributed by atoms with Crippen LogP contribution in [0.5, 0.6) is 0 Å². The van der Waals surface area contributed by atoms with Crippen LogP contribution in [0.3, 0.4) is 0 Å². The van der Waals surface area contributed by atoms with E-state index >= 15 is 0 Å². The molecule has 7 heteroatoms. The van der Waals surface area contributed by atoms with E-state index in [1.54, 1.807) is 4.90 Å². The zero-order valence-electron chi connectivity index (χ0n) is 14.6. The van der Waals surface area contributed by atoms with Crippen molar-refractivity contribution in [3.8, 4) is 0 Å². The van der Waals surface area contributed by atoms with Crippen LogP contribution >= 0.6 is 0 Å². The number of carboxylic acids is 1. The average molecular weight is 368 g/mol. The number of carbonyl (C=O) groups excluding carboxylic acids is 2. The maximum Gasteiger partial charge on any atom is 0.407 e. The first-order valence-corrected chi connectivity index (χ1v) is 8.63. The molecule has 27 heavy (non-hydrogen) atoms. The molecule has 0 unspecified atom stereocenters. The van der Waals surface area contributed by atoms with Gasteiger partial charge in [-0.25, -0.2) is 9.59 Å². The Morgan fingerprint density at radius 2 is 1.70 bits per heavy atom. The minimum atomic E-state index is -1.03.